The van der Waals surface area contributed by atoms with Crippen molar-refractivity contribution in [1.29, 1.82) is 0 Å². The third-order valence-corrected chi connectivity index (χ3v) is 4.71. The molecule has 1 aromatic heterocycles. The SMILES string of the molecule is Cl.O=C(Nc1cccc(COCCOc2ccccc2)c1)c1n[nH]c2c1CNCC2. The van der Waals surface area contributed by atoms with E-state index in [0.717, 1.165) is 41.2 Å². The van der Waals surface area contributed by atoms with E-state index >= 15 is 0 Å². The van der Waals surface area contributed by atoms with Crippen LogP contribution in [0.5, 0.6) is 5.75 Å². The molecule has 2 aromatic carbocycles. The summed E-state index contributed by atoms with van der Waals surface area (Å²) in [6, 6.07) is 17.3. The lowest BCUT2D eigenvalue weighted by Gasteiger charge is -2.13. The van der Waals surface area contributed by atoms with Crippen molar-refractivity contribution in [2.24, 2.45) is 0 Å². The average Bonchev–Trinajstić information content (AvgIpc) is 3.19. The van der Waals surface area contributed by atoms with Crippen LogP contribution >= 0.6 is 12.4 Å². The van der Waals surface area contributed by atoms with Crippen LogP contribution in [-0.2, 0) is 24.3 Å². The zero-order chi connectivity index (χ0) is 19.9. The number of fused-ring (bicyclic) bond motifs is 1. The number of amides is 1. The van der Waals surface area contributed by atoms with E-state index in [9.17, 15) is 4.79 Å². The summed E-state index contributed by atoms with van der Waals surface area (Å²) in [6.45, 7) is 2.97. The number of aromatic nitrogens is 2. The fourth-order valence-electron chi connectivity index (χ4n) is 3.27. The Morgan fingerprint density at radius 2 is 1.97 bits per heavy atom. The van der Waals surface area contributed by atoms with Crippen molar-refractivity contribution < 1.29 is 14.3 Å². The van der Waals surface area contributed by atoms with E-state index in [2.05, 4.69) is 20.8 Å². The molecule has 158 valence electrons. The molecule has 3 N–H and O–H groups in total. The molecule has 7 nitrogen and oxygen atoms in total. The maximum absolute atomic E-state index is 12.6. The first-order chi connectivity index (χ1) is 14.3. The van der Waals surface area contributed by atoms with Gasteiger partial charge in [-0.1, -0.05) is 30.3 Å². The molecule has 1 aliphatic heterocycles. The molecule has 0 radical (unpaired) electrons. The molecule has 2 heterocycles. The number of benzene rings is 2. The Labute approximate surface area is 181 Å². The molecular weight excluding hydrogens is 404 g/mol. The molecule has 0 aliphatic carbocycles. The Bertz CT molecular complexity index is 962. The summed E-state index contributed by atoms with van der Waals surface area (Å²) in [5, 5.41) is 13.4. The third-order valence-electron chi connectivity index (χ3n) is 4.71. The number of nitrogens with one attached hydrogen (secondary N) is 3. The van der Waals surface area contributed by atoms with E-state index in [1.54, 1.807) is 0 Å². The van der Waals surface area contributed by atoms with E-state index in [4.69, 9.17) is 9.47 Å². The highest BCUT2D eigenvalue weighted by molar-refractivity contribution is 6.04. The Hall–Kier alpha value is -2.87. The fraction of sp³-hybridized carbons (Fsp3) is 0.273. The molecule has 1 aliphatic rings. The number of aromatic amines is 1. The van der Waals surface area contributed by atoms with Crippen LogP contribution in [0.1, 0.15) is 27.3 Å². The molecule has 0 saturated carbocycles. The minimum atomic E-state index is -0.208. The first-order valence-corrected chi connectivity index (χ1v) is 9.72. The highest BCUT2D eigenvalue weighted by Crippen LogP contribution is 2.18. The number of hydrogen-bond donors (Lipinski definition) is 3. The van der Waals surface area contributed by atoms with Crippen LogP contribution in [0.4, 0.5) is 5.69 Å². The number of anilines is 1. The number of hydrogen-bond acceptors (Lipinski definition) is 5. The summed E-state index contributed by atoms with van der Waals surface area (Å²) in [7, 11) is 0. The van der Waals surface area contributed by atoms with Crippen LogP contribution in [-0.4, -0.2) is 35.9 Å². The lowest BCUT2D eigenvalue weighted by atomic mass is 10.1. The number of nitrogens with zero attached hydrogens (tertiary/aromatic N) is 1. The summed E-state index contributed by atoms with van der Waals surface area (Å²) >= 11 is 0. The van der Waals surface area contributed by atoms with Crippen molar-refractivity contribution >= 4 is 24.0 Å². The van der Waals surface area contributed by atoms with Gasteiger partial charge in [-0.2, -0.15) is 5.10 Å². The zero-order valence-corrected chi connectivity index (χ0v) is 17.3. The van der Waals surface area contributed by atoms with Gasteiger partial charge in [-0.15, -0.1) is 12.4 Å². The number of ether oxygens (including phenoxy) is 2. The number of para-hydroxylation sites is 1. The minimum absolute atomic E-state index is 0. The molecule has 0 unspecified atom stereocenters. The fourth-order valence-corrected chi connectivity index (χ4v) is 3.27. The molecule has 0 atom stereocenters. The molecule has 1 amide bonds. The lowest BCUT2D eigenvalue weighted by Crippen LogP contribution is -2.25. The molecule has 0 bridgehead atoms. The van der Waals surface area contributed by atoms with Crippen molar-refractivity contribution in [3.8, 4) is 5.75 Å². The standard InChI is InChI=1S/C22H24N4O3.ClH/c27-22(21-19-14-23-10-9-20(19)25-26-21)24-17-6-4-5-16(13-17)15-28-11-12-29-18-7-2-1-3-8-18;/h1-8,13,23H,9-12,14-15H2,(H,24,27)(H,25,26);1H. The van der Waals surface area contributed by atoms with Crippen LogP contribution in [0.25, 0.3) is 0 Å². The molecule has 0 fully saturated rings. The first kappa shape index (κ1) is 21.8. The quantitative estimate of drug-likeness (QED) is 0.479. The third kappa shape index (κ3) is 5.60. The first-order valence-electron chi connectivity index (χ1n) is 9.72. The van der Waals surface area contributed by atoms with E-state index in [-0.39, 0.29) is 18.3 Å². The van der Waals surface area contributed by atoms with Gasteiger partial charge in [-0.05, 0) is 29.8 Å². The van der Waals surface area contributed by atoms with Gasteiger partial charge in [0.1, 0.15) is 12.4 Å². The van der Waals surface area contributed by atoms with Crippen molar-refractivity contribution in [2.45, 2.75) is 19.6 Å². The summed E-state index contributed by atoms with van der Waals surface area (Å²) in [4.78, 5) is 12.6. The van der Waals surface area contributed by atoms with Gasteiger partial charge in [-0.25, -0.2) is 0 Å². The maximum atomic E-state index is 12.6. The molecule has 3 aromatic rings. The molecule has 30 heavy (non-hydrogen) atoms. The van der Waals surface area contributed by atoms with Crippen molar-refractivity contribution in [2.75, 3.05) is 25.1 Å². The highest BCUT2D eigenvalue weighted by Gasteiger charge is 2.21. The molecule has 0 spiro atoms. The zero-order valence-electron chi connectivity index (χ0n) is 16.5. The van der Waals surface area contributed by atoms with Gasteiger partial charge in [0.05, 0.1) is 13.2 Å². The Balaban J connectivity index is 0.00000256. The summed E-state index contributed by atoms with van der Waals surface area (Å²) < 4.78 is 11.3. The largest absolute Gasteiger partial charge is 0.491 e. The molecular formula is C22H25ClN4O3. The van der Waals surface area contributed by atoms with Gasteiger partial charge < -0.3 is 20.1 Å². The number of carbonyl (C=O) groups is 1. The van der Waals surface area contributed by atoms with Gasteiger partial charge in [0.15, 0.2) is 5.69 Å². The van der Waals surface area contributed by atoms with Crippen LogP contribution in [0.3, 0.4) is 0 Å². The Morgan fingerprint density at radius 1 is 1.10 bits per heavy atom. The van der Waals surface area contributed by atoms with E-state index < -0.39 is 0 Å². The second-order valence-electron chi connectivity index (χ2n) is 6.82. The Kier molecular flexibility index (Phi) is 7.84. The minimum Gasteiger partial charge on any atom is -0.491 e. The number of rotatable bonds is 8. The number of H-pyrrole nitrogens is 1. The van der Waals surface area contributed by atoms with Gasteiger partial charge >= 0.3 is 0 Å². The molecule has 8 heteroatoms. The van der Waals surface area contributed by atoms with E-state index in [1.165, 1.54) is 0 Å². The summed E-state index contributed by atoms with van der Waals surface area (Å²) in [5.41, 5.74) is 4.14. The average molecular weight is 429 g/mol. The highest BCUT2D eigenvalue weighted by atomic mass is 35.5. The van der Waals surface area contributed by atoms with Crippen LogP contribution in [0.15, 0.2) is 54.6 Å². The topological polar surface area (TPSA) is 88.3 Å². The molecule has 0 saturated heterocycles. The predicted molar refractivity (Wildman–Crippen MR) is 117 cm³/mol. The van der Waals surface area contributed by atoms with Crippen LogP contribution < -0.4 is 15.4 Å². The van der Waals surface area contributed by atoms with Crippen LogP contribution in [0, 0.1) is 0 Å². The summed E-state index contributed by atoms with van der Waals surface area (Å²) in [6.07, 6.45) is 0.858. The number of halogens is 1. The van der Waals surface area contributed by atoms with Crippen molar-refractivity contribution in [3.63, 3.8) is 0 Å². The normalized spacial score (nSPS) is 12.5. The second kappa shape index (κ2) is 10.8. The van der Waals surface area contributed by atoms with Gasteiger partial charge in [0.2, 0.25) is 0 Å². The predicted octanol–water partition coefficient (Wildman–Crippen LogP) is 3.33. The van der Waals surface area contributed by atoms with Crippen LogP contribution in [0.2, 0.25) is 0 Å². The second-order valence-corrected chi connectivity index (χ2v) is 6.82. The summed E-state index contributed by atoms with van der Waals surface area (Å²) in [5.74, 6) is 0.622. The van der Waals surface area contributed by atoms with Gasteiger partial charge in [-0.3, -0.25) is 9.89 Å². The molecule has 4 rings (SSSR count). The van der Waals surface area contributed by atoms with Crippen molar-refractivity contribution in [3.05, 3.63) is 77.1 Å². The van der Waals surface area contributed by atoms with Crippen molar-refractivity contribution in [1.82, 2.24) is 15.5 Å². The van der Waals surface area contributed by atoms with Gasteiger partial charge in [0.25, 0.3) is 5.91 Å². The lowest BCUT2D eigenvalue weighted by molar-refractivity contribution is 0.0889. The Morgan fingerprint density at radius 3 is 2.83 bits per heavy atom. The maximum Gasteiger partial charge on any atom is 0.276 e. The van der Waals surface area contributed by atoms with E-state index in [0.29, 0.717) is 32.1 Å². The monoisotopic (exact) mass is 428 g/mol. The van der Waals surface area contributed by atoms with Gasteiger partial charge in [0, 0.05) is 36.5 Å². The van der Waals surface area contributed by atoms with E-state index in [1.807, 2.05) is 54.6 Å². The number of carbonyl (C=O) groups excluding carboxylic acids is 1. The smallest absolute Gasteiger partial charge is 0.276 e.